The van der Waals surface area contributed by atoms with Gasteiger partial charge in [-0.3, -0.25) is 24.5 Å². The maximum atomic E-state index is 12.0. The topological polar surface area (TPSA) is 128 Å². The van der Waals surface area contributed by atoms with Gasteiger partial charge in [0.15, 0.2) is 6.61 Å². The number of aryl methyl sites for hydroxylation is 2. The van der Waals surface area contributed by atoms with Crippen LogP contribution >= 0.6 is 0 Å². The Labute approximate surface area is 167 Å². The van der Waals surface area contributed by atoms with Crippen molar-refractivity contribution in [3.05, 3.63) is 69.3 Å². The molecule has 152 valence electrons. The van der Waals surface area contributed by atoms with Crippen LogP contribution in [0.5, 0.6) is 0 Å². The molecule has 2 rings (SSSR count). The first-order valence-corrected chi connectivity index (χ1v) is 8.82. The van der Waals surface area contributed by atoms with Crippen molar-refractivity contribution in [1.82, 2.24) is 5.32 Å². The third kappa shape index (κ3) is 6.42. The fraction of sp³-hybridized carbons (Fsp3) is 0.250. The van der Waals surface area contributed by atoms with E-state index >= 15 is 0 Å². The second-order valence-electron chi connectivity index (χ2n) is 6.29. The average molecular weight is 399 g/mol. The van der Waals surface area contributed by atoms with Crippen LogP contribution in [0, 0.1) is 24.0 Å². The summed E-state index contributed by atoms with van der Waals surface area (Å²) in [6.45, 7) is 3.03. The van der Waals surface area contributed by atoms with Gasteiger partial charge < -0.3 is 15.4 Å². The minimum absolute atomic E-state index is 0.0671. The number of rotatable bonds is 8. The monoisotopic (exact) mass is 399 g/mol. The molecular formula is C20H21N3O6. The molecule has 0 spiro atoms. The van der Waals surface area contributed by atoms with E-state index in [2.05, 4.69) is 10.6 Å². The maximum absolute atomic E-state index is 12.0. The number of nitro groups is 1. The average Bonchev–Trinajstić information content (AvgIpc) is 2.68. The minimum atomic E-state index is -0.652. The molecule has 0 saturated heterocycles. The third-order valence-corrected chi connectivity index (χ3v) is 4.07. The van der Waals surface area contributed by atoms with E-state index in [9.17, 15) is 24.5 Å². The van der Waals surface area contributed by atoms with Crippen LogP contribution in [0.2, 0.25) is 0 Å². The molecule has 0 bridgehead atoms. The number of ether oxygens (including phenoxy) is 1. The Morgan fingerprint density at radius 2 is 1.79 bits per heavy atom. The Balaban J connectivity index is 1.76. The molecule has 0 aliphatic carbocycles. The standard InChI is InChI=1S/C20H21N3O6/c1-13-5-3-4-6-16(13)20(26)21-10-9-19(25)29-12-18(24)22-17-11-15(23(27)28)8-7-14(17)2/h3-8,11H,9-10,12H2,1-2H3,(H,21,26)(H,22,24). The second-order valence-corrected chi connectivity index (χ2v) is 6.29. The first kappa shape index (κ1) is 21.5. The van der Waals surface area contributed by atoms with E-state index < -0.39 is 23.4 Å². The lowest BCUT2D eigenvalue weighted by Crippen LogP contribution is -2.28. The summed E-state index contributed by atoms with van der Waals surface area (Å²) < 4.78 is 4.87. The summed E-state index contributed by atoms with van der Waals surface area (Å²) in [5, 5.41) is 15.9. The Morgan fingerprint density at radius 3 is 2.48 bits per heavy atom. The van der Waals surface area contributed by atoms with Gasteiger partial charge in [0.05, 0.1) is 17.0 Å². The van der Waals surface area contributed by atoms with Crippen molar-refractivity contribution < 1.29 is 24.0 Å². The Hall–Kier alpha value is -3.75. The molecule has 0 radical (unpaired) electrons. The summed E-state index contributed by atoms with van der Waals surface area (Å²) in [6, 6.07) is 11.1. The molecule has 0 unspecified atom stereocenters. The van der Waals surface area contributed by atoms with Gasteiger partial charge in [-0.1, -0.05) is 24.3 Å². The van der Waals surface area contributed by atoms with Gasteiger partial charge in [0, 0.05) is 24.2 Å². The zero-order valence-electron chi connectivity index (χ0n) is 16.1. The first-order valence-electron chi connectivity index (χ1n) is 8.82. The number of anilines is 1. The van der Waals surface area contributed by atoms with E-state index in [1.165, 1.54) is 18.2 Å². The molecular weight excluding hydrogens is 378 g/mol. The SMILES string of the molecule is Cc1ccc([N+](=O)[O-])cc1NC(=O)COC(=O)CCNC(=O)c1ccccc1C. The van der Waals surface area contributed by atoms with E-state index in [0.29, 0.717) is 11.1 Å². The molecule has 2 aromatic rings. The molecule has 0 aromatic heterocycles. The van der Waals surface area contributed by atoms with E-state index in [0.717, 1.165) is 5.56 Å². The molecule has 9 nitrogen and oxygen atoms in total. The molecule has 0 aliphatic rings. The van der Waals surface area contributed by atoms with E-state index in [1.807, 2.05) is 19.1 Å². The Bertz CT molecular complexity index is 942. The summed E-state index contributed by atoms with van der Waals surface area (Å²) in [4.78, 5) is 46.0. The molecule has 29 heavy (non-hydrogen) atoms. The molecule has 0 fully saturated rings. The second kappa shape index (κ2) is 9.98. The third-order valence-electron chi connectivity index (χ3n) is 4.07. The van der Waals surface area contributed by atoms with E-state index in [1.54, 1.807) is 19.1 Å². The summed E-state index contributed by atoms with van der Waals surface area (Å²) in [5.74, 6) is -1.57. The highest BCUT2D eigenvalue weighted by Gasteiger charge is 2.13. The molecule has 0 atom stereocenters. The van der Waals surface area contributed by atoms with Crippen LogP contribution in [0.25, 0.3) is 0 Å². The van der Waals surface area contributed by atoms with E-state index in [4.69, 9.17) is 4.74 Å². The lowest BCUT2D eigenvalue weighted by atomic mass is 10.1. The summed E-state index contributed by atoms with van der Waals surface area (Å²) >= 11 is 0. The number of non-ortho nitro benzene ring substituents is 1. The summed E-state index contributed by atoms with van der Waals surface area (Å²) in [5.41, 5.74) is 2.08. The highest BCUT2D eigenvalue weighted by atomic mass is 16.6. The van der Waals surface area contributed by atoms with Crippen LogP contribution < -0.4 is 10.6 Å². The molecule has 2 N–H and O–H groups in total. The van der Waals surface area contributed by atoms with Crippen LogP contribution in [0.3, 0.4) is 0 Å². The van der Waals surface area contributed by atoms with Crippen molar-refractivity contribution in [1.29, 1.82) is 0 Å². The van der Waals surface area contributed by atoms with Gasteiger partial charge in [-0.05, 0) is 31.0 Å². The van der Waals surface area contributed by atoms with Gasteiger partial charge in [0.1, 0.15) is 0 Å². The van der Waals surface area contributed by atoms with Crippen molar-refractivity contribution in [3.63, 3.8) is 0 Å². The largest absolute Gasteiger partial charge is 0.456 e. The number of nitrogens with one attached hydrogen (secondary N) is 2. The number of amides is 2. The number of carbonyl (C=O) groups is 3. The number of esters is 1. The number of hydrogen-bond donors (Lipinski definition) is 2. The number of carbonyl (C=O) groups excluding carboxylic acids is 3. The van der Waals surface area contributed by atoms with Gasteiger partial charge in [0.2, 0.25) is 0 Å². The van der Waals surface area contributed by atoms with Gasteiger partial charge >= 0.3 is 5.97 Å². The lowest BCUT2D eigenvalue weighted by Gasteiger charge is -2.09. The number of nitrogens with zero attached hydrogens (tertiary/aromatic N) is 1. The predicted molar refractivity (Wildman–Crippen MR) is 106 cm³/mol. The van der Waals surface area contributed by atoms with Crippen molar-refractivity contribution in [2.24, 2.45) is 0 Å². The fourth-order valence-corrected chi connectivity index (χ4v) is 2.46. The number of benzene rings is 2. The van der Waals surface area contributed by atoms with Crippen molar-refractivity contribution >= 4 is 29.2 Å². The van der Waals surface area contributed by atoms with Crippen LogP contribution in [-0.4, -0.2) is 35.9 Å². The maximum Gasteiger partial charge on any atom is 0.308 e. The van der Waals surface area contributed by atoms with Gasteiger partial charge in [-0.25, -0.2) is 0 Å². The smallest absolute Gasteiger partial charge is 0.308 e. The zero-order valence-corrected chi connectivity index (χ0v) is 16.1. The van der Waals surface area contributed by atoms with Crippen molar-refractivity contribution in [3.8, 4) is 0 Å². The normalized spacial score (nSPS) is 10.1. The molecule has 9 heteroatoms. The minimum Gasteiger partial charge on any atom is -0.456 e. The van der Waals surface area contributed by atoms with Crippen LogP contribution in [0.4, 0.5) is 11.4 Å². The predicted octanol–water partition coefficient (Wildman–Crippen LogP) is 2.51. The van der Waals surface area contributed by atoms with Gasteiger partial charge in [-0.2, -0.15) is 0 Å². The van der Waals surface area contributed by atoms with Crippen molar-refractivity contribution in [2.75, 3.05) is 18.5 Å². The quantitative estimate of drug-likeness (QED) is 0.399. The van der Waals surface area contributed by atoms with Crippen LogP contribution in [-0.2, 0) is 14.3 Å². The molecule has 2 amide bonds. The highest BCUT2D eigenvalue weighted by molar-refractivity contribution is 5.96. The summed E-state index contributed by atoms with van der Waals surface area (Å²) in [6.07, 6.45) is -0.0965. The molecule has 0 saturated carbocycles. The van der Waals surface area contributed by atoms with Gasteiger partial charge in [-0.15, -0.1) is 0 Å². The van der Waals surface area contributed by atoms with Crippen molar-refractivity contribution in [2.45, 2.75) is 20.3 Å². The number of nitro benzene ring substituents is 1. The van der Waals surface area contributed by atoms with Gasteiger partial charge in [0.25, 0.3) is 17.5 Å². The highest BCUT2D eigenvalue weighted by Crippen LogP contribution is 2.21. The number of hydrogen-bond acceptors (Lipinski definition) is 6. The Morgan fingerprint density at radius 1 is 1.07 bits per heavy atom. The van der Waals surface area contributed by atoms with Crippen LogP contribution in [0.15, 0.2) is 42.5 Å². The zero-order chi connectivity index (χ0) is 21.4. The first-order chi connectivity index (χ1) is 13.8. The molecule has 0 aliphatic heterocycles. The molecule has 0 heterocycles. The van der Waals surface area contributed by atoms with E-state index in [-0.39, 0.29) is 30.2 Å². The molecule has 2 aromatic carbocycles. The fourth-order valence-electron chi connectivity index (χ4n) is 2.46. The lowest BCUT2D eigenvalue weighted by molar-refractivity contribution is -0.384. The Kier molecular flexibility index (Phi) is 7.41. The van der Waals surface area contributed by atoms with Crippen LogP contribution in [0.1, 0.15) is 27.9 Å². The summed E-state index contributed by atoms with van der Waals surface area (Å²) in [7, 11) is 0.